The van der Waals surface area contributed by atoms with Crippen molar-refractivity contribution in [3.05, 3.63) is 34.7 Å². The molecular weight excluding hydrogens is 216 g/mol. The Morgan fingerprint density at radius 1 is 1.35 bits per heavy atom. The first-order valence-electron chi connectivity index (χ1n) is 5.49. The highest BCUT2D eigenvalue weighted by Crippen LogP contribution is 2.34. The van der Waals surface area contributed by atoms with Gasteiger partial charge in [0.1, 0.15) is 0 Å². The van der Waals surface area contributed by atoms with Crippen molar-refractivity contribution in [2.75, 3.05) is 11.9 Å². The summed E-state index contributed by atoms with van der Waals surface area (Å²) < 4.78 is 0. The first-order valence-corrected chi connectivity index (χ1v) is 5.49. The second-order valence-electron chi connectivity index (χ2n) is 3.78. The molecular formula is C12H14N4O. The lowest BCUT2D eigenvalue weighted by atomic mass is 10.1. The third kappa shape index (κ3) is 2.18. The number of hydrogen-bond acceptors (Lipinski definition) is 4. The largest absolute Gasteiger partial charge is 0.367 e. The van der Waals surface area contributed by atoms with E-state index in [-0.39, 0.29) is 0 Å². The summed E-state index contributed by atoms with van der Waals surface area (Å²) in [7, 11) is 0. The number of nitroso groups, excluding NO2 is 1. The van der Waals surface area contributed by atoms with Crippen LogP contribution in [0.5, 0.6) is 0 Å². The Morgan fingerprint density at radius 2 is 2.06 bits per heavy atom. The van der Waals surface area contributed by atoms with Crippen molar-refractivity contribution in [2.45, 2.75) is 13.8 Å². The number of aromatic amines is 1. The van der Waals surface area contributed by atoms with Crippen molar-refractivity contribution in [1.82, 2.24) is 10.2 Å². The van der Waals surface area contributed by atoms with Crippen LogP contribution in [-0.2, 0) is 0 Å². The molecule has 0 radical (unpaired) electrons. The van der Waals surface area contributed by atoms with E-state index in [2.05, 4.69) is 20.7 Å². The third-order valence-corrected chi connectivity index (χ3v) is 2.52. The molecule has 1 heterocycles. The highest BCUT2D eigenvalue weighted by atomic mass is 16.3. The molecule has 0 saturated heterocycles. The molecule has 2 rings (SSSR count). The lowest BCUT2D eigenvalue weighted by molar-refractivity contribution is 1.07. The molecule has 88 valence electrons. The topological polar surface area (TPSA) is 70.1 Å². The van der Waals surface area contributed by atoms with Crippen molar-refractivity contribution in [2.24, 2.45) is 5.18 Å². The Hall–Kier alpha value is -2.17. The van der Waals surface area contributed by atoms with E-state index < -0.39 is 0 Å². The lowest BCUT2D eigenvalue weighted by Gasteiger charge is -2.00. The molecule has 0 fully saturated rings. The van der Waals surface area contributed by atoms with E-state index in [1.165, 1.54) is 5.56 Å². The summed E-state index contributed by atoms with van der Waals surface area (Å²) in [5.41, 5.74) is 3.05. The maximum absolute atomic E-state index is 10.9. The maximum Gasteiger partial charge on any atom is 0.178 e. The van der Waals surface area contributed by atoms with E-state index in [9.17, 15) is 4.91 Å². The van der Waals surface area contributed by atoms with Gasteiger partial charge in [-0.1, -0.05) is 29.8 Å². The number of nitrogens with zero attached hydrogens (tertiary/aromatic N) is 2. The summed E-state index contributed by atoms with van der Waals surface area (Å²) in [4.78, 5) is 10.9. The van der Waals surface area contributed by atoms with Gasteiger partial charge in [0, 0.05) is 12.1 Å². The van der Waals surface area contributed by atoms with E-state index in [4.69, 9.17) is 0 Å². The standard InChI is InChI=1S/C12H14N4O/c1-3-13-12-11(16-17)10(14-15-12)9-6-4-8(2)5-7-9/h4-7H,3H2,1-2H3,(H2,13,14,15). The Bertz CT molecular complexity index is 516. The molecule has 17 heavy (non-hydrogen) atoms. The third-order valence-electron chi connectivity index (χ3n) is 2.52. The zero-order valence-corrected chi connectivity index (χ0v) is 9.82. The van der Waals surface area contributed by atoms with Gasteiger partial charge in [0.05, 0.1) is 5.69 Å². The van der Waals surface area contributed by atoms with Crippen LogP contribution in [0.3, 0.4) is 0 Å². The van der Waals surface area contributed by atoms with Crippen LogP contribution >= 0.6 is 0 Å². The first kappa shape index (κ1) is 11.3. The van der Waals surface area contributed by atoms with Crippen LogP contribution in [0, 0.1) is 11.8 Å². The Kier molecular flexibility index (Phi) is 3.18. The molecule has 0 saturated carbocycles. The monoisotopic (exact) mass is 230 g/mol. The Labute approximate surface area is 99.2 Å². The van der Waals surface area contributed by atoms with Gasteiger partial charge in [-0.05, 0) is 19.0 Å². The molecule has 0 spiro atoms. The molecule has 2 aromatic rings. The summed E-state index contributed by atoms with van der Waals surface area (Å²) >= 11 is 0. The number of anilines is 1. The van der Waals surface area contributed by atoms with Crippen LogP contribution in [0.4, 0.5) is 11.5 Å². The van der Waals surface area contributed by atoms with Crippen molar-refractivity contribution >= 4 is 11.5 Å². The van der Waals surface area contributed by atoms with Crippen LogP contribution in [0.15, 0.2) is 29.4 Å². The molecule has 0 aliphatic heterocycles. The van der Waals surface area contributed by atoms with Gasteiger partial charge in [0.25, 0.3) is 0 Å². The van der Waals surface area contributed by atoms with Gasteiger partial charge in [-0.2, -0.15) is 5.10 Å². The molecule has 0 unspecified atom stereocenters. The van der Waals surface area contributed by atoms with Crippen molar-refractivity contribution in [1.29, 1.82) is 0 Å². The summed E-state index contributed by atoms with van der Waals surface area (Å²) in [6.07, 6.45) is 0. The van der Waals surface area contributed by atoms with E-state index >= 15 is 0 Å². The SMILES string of the molecule is CCNc1n[nH]c(-c2ccc(C)cc2)c1N=O. The van der Waals surface area contributed by atoms with Crippen LogP contribution in [-0.4, -0.2) is 16.7 Å². The van der Waals surface area contributed by atoms with Gasteiger partial charge in [-0.15, -0.1) is 4.91 Å². The molecule has 2 N–H and O–H groups in total. The number of aryl methyl sites for hydroxylation is 1. The number of aromatic nitrogens is 2. The van der Waals surface area contributed by atoms with Crippen LogP contribution in [0.25, 0.3) is 11.3 Å². The summed E-state index contributed by atoms with van der Waals surface area (Å²) in [5, 5.41) is 12.9. The van der Waals surface area contributed by atoms with E-state index in [1.54, 1.807) is 0 Å². The zero-order chi connectivity index (χ0) is 12.3. The second-order valence-corrected chi connectivity index (χ2v) is 3.78. The highest BCUT2D eigenvalue weighted by Gasteiger charge is 2.14. The van der Waals surface area contributed by atoms with Gasteiger partial charge >= 0.3 is 0 Å². The average molecular weight is 230 g/mol. The molecule has 5 heteroatoms. The normalized spacial score (nSPS) is 10.2. The average Bonchev–Trinajstić information content (AvgIpc) is 2.73. The number of benzene rings is 1. The minimum Gasteiger partial charge on any atom is -0.367 e. The minimum absolute atomic E-state index is 0.329. The number of hydrogen-bond donors (Lipinski definition) is 2. The van der Waals surface area contributed by atoms with Crippen molar-refractivity contribution < 1.29 is 0 Å². The number of H-pyrrole nitrogens is 1. The molecule has 1 aromatic carbocycles. The fraction of sp³-hybridized carbons (Fsp3) is 0.250. The zero-order valence-electron chi connectivity index (χ0n) is 9.82. The predicted molar refractivity (Wildman–Crippen MR) is 68.4 cm³/mol. The number of rotatable bonds is 4. The fourth-order valence-corrected chi connectivity index (χ4v) is 1.64. The van der Waals surface area contributed by atoms with Crippen molar-refractivity contribution in [3.8, 4) is 11.3 Å². The molecule has 0 bridgehead atoms. The van der Waals surface area contributed by atoms with Crippen LogP contribution < -0.4 is 5.32 Å². The van der Waals surface area contributed by atoms with E-state index in [1.807, 2.05) is 38.1 Å². The fourth-order valence-electron chi connectivity index (χ4n) is 1.64. The molecule has 0 amide bonds. The molecule has 0 aliphatic carbocycles. The Morgan fingerprint density at radius 3 is 2.65 bits per heavy atom. The minimum atomic E-state index is 0.329. The van der Waals surface area contributed by atoms with Gasteiger partial charge in [0.15, 0.2) is 11.5 Å². The molecule has 0 atom stereocenters. The summed E-state index contributed by atoms with van der Waals surface area (Å²) in [6, 6.07) is 7.84. The Balaban J connectivity index is 2.44. The van der Waals surface area contributed by atoms with E-state index in [0.29, 0.717) is 23.7 Å². The van der Waals surface area contributed by atoms with Gasteiger partial charge in [-0.25, -0.2) is 0 Å². The smallest absolute Gasteiger partial charge is 0.178 e. The van der Waals surface area contributed by atoms with Crippen molar-refractivity contribution in [3.63, 3.8) is 0 Å². The van der Waals surface area contributed by atoms with Gasteiger partial charge in [-0.3, -0.25) is 5.10 Å². The quantitative estimate of drug-likeness (QED) is 0.792. The number of nitrogens with one attached hydrogen (secondary N) is 2. The maximum atomic E-state index is 10.9. The van der Waals surface area contributed by atoms with Crippen LogP contribution in [0.2, 0.25) is 0 Å². The second kappa shape index (κ2) is 4.78. The first-order chi connectivity index (χ1) is 8.26. The lowest BCUT2D eigenvalue weighted by Crippen LogP contribution is -1.96. The molecule has 0 aliphatic rings. The summed E-state index contributed by atoms with van der Waals surface area (Å²) in [6.45, 7) is 4.65. The predicted octanol–water partition coefficient (Wildman–Crippen LogP) is 3.21. The highest BCUT2D eigenvalue weighted by molar-refractivity contribution is 5.80. The molecule has 5 nitrogen and oxygen atoms in total. The van der Waals surface area contributed by atoms with Gasteiger partial charge in [0.2, 0.25) is 0 Å². The molecule has 1 aromatic heterocycles. The van der Waals surface area contributed by atoms with E-state index in [0.717, 1.165) is 5.56 Å². The summed E-state index contributed by atoms with van der Waals surface area (Å²) in [5.74, 6) is 0.498. The van der Waals surface area contributed by atoms with Crippen LogP contribution in [0.1, 0.15) is 12.5 Å². The van der Waals surface area contributed by atoms with Gasteiger partial charge < -0.3 is 5.32 Å².